The quantitative estimate of drug-likeness (QED) is 0.217. The van der Waals surface area contributed by atoms with Gasteiger partial charge in [-0.3, -0.25) is 0 Å². The van der Waals surface area contributed by atoms with Crippen LogP contribution in [0.25, 0.3) is 22.3 Å². The van der Waals surface area contributed by atoms with Crippen molar-refractivity contribution in [3.63, 3.8) is 0 Å². The summed E-state index contributed by atoms with van der Waals surface area (Å²) in [7, 11) is 0. The van der Waals surface area contributed by atoms with E-state index >= 15 is 0 Å². The van der Waals surface area contributed by atoms with E-state index in [0.717, 1.165) is 16.9 Å². The molecular formula is C24H34Cl2N10. The first-order valence-electron chi connectivity index (χ1n) is 12.0. The Hall–Kier alpha value is -2.72. The van der Waals surface area contributed by atoms with Crippen LogP contribution in [-0.4, -0.2) is 52.0 Å². The first kappa shape index (κ1) is 26.3. The summed E-state index contributed by atoms with van der Waals surface area (Å²) in [5, 5.41) is 7.38. The van der Waals surface area contributed by atoms with Gasteiger partial charge in [0.1, 0.15) is 16.9 Å². The first-order chi connectivity index (χ1) is 16.7. The zero-order chi connectivity index (χ0) is 26.4. The number of aromatic nitrogens is 8. The number of H-pyrrole nitrogens is 2. The second-order valence-electron chi connectivity index (χ2n) is 11.6. The number of hydrogen-bond donors (Lipinski definition) is 4. The fraction of sp³-hybridized carbons (Fsp3) is 0.583. The predicted octanol–water partition coefficient (Wildman–Crippen LogP) is 5.88. The van der Waals surface area contributed by atoms with Crippen molar-refractivity contribution >= 4 is 57.2 Å². The van der Waals surface area contributed by atoms with Crippen molar-refractivity contribution in [1.29, 1.82) is 0 Å². The molecule has 0 aromatic carbocycles. The van der Waals surface area contributed by atoms with Gasteiger partial charge in [-0.25, -0.2) is 9.97 Å². The van der Waals surface area contributed by atoms with Crippen molar-refractivity contribution < 1.29 is 0 Å². The summed E-state index contributed by atoms with van der Waals surface area (Å²) in [5.74, 6) is 2.25. The fourth-order valence-corrected chi connectivity index (χ4v) is 4.56. The number of nitrogens with zero attached hydrogens (tertiary/aromatic N) is 6. The zero-order valence-electron chi connectivity index (χ0n) is 22.0. The third-order valence-electron chi connectivity index (χ3n) is 6.59. The molecule has 0 spiro atoms. The van der Waals surface area contributed by atoms with Gasteiger partial charge in [-0.15, -0.1) is 0 Å². The van der Waals surface area contributed by atoms with Crippen molar-refractivity contribution in [2.45, 2.75) is 73.9 Å². The monoisotopic (exact) mass is 532 g/mol. The highest BCUT2D eigenvalue weighted by molar-refractivity contribution is 6.29. The molecule has 3 unspecified atom stereocenters. The standard InChI is InChI=1S/C24H34Cl2N10/c1-11(16(24(6,7)8)32-18-14-17(28-10-27-14)33-21(25)34-18)9-13-30-15-19(29-12(2)23(3,4)5)35-22(26)36-20(15)31-13/h10-12,16H,9H2,1-8H3,(H2,27,28,32,33,34)(H2,29,30,31,35,36). The van der Waals surface area contributed by atoms with Crippen LogP contribution in [0.4, 0.5) is 11.6 Å². The van der Waals surface area contributed by atoms with Gasteiger partial charge in [0.2, 0.25) is 10.6 Å². The normalized spacial score (nSPS) is 15.3. The molecule has 3 atom stereocenters. The third kappa shape index (κ3) is 5.64. The van der Waals surface area contributed by atoms with Crippen molar-refractivity contribution in [3.8, 4) is 0 Å². The Kier molecular flexibility index (Phi) is 7.04. The van der Waals surface area contributed by atoms with Crippen LogP contribution < -0.4 is 10.6 Å². The topological polar surface area (TPSA) is 133 Å². The average Bonchev–Trinajstić information content (AvgIpc) is 3.36. The second-order valence-corrected chi connectivity index (χ2v) is 12.2. The largest absolute Gasteiger partial charge is 0.365 e. The SMILES string of the molecule is CC(Cc1nc2nc(Cl)nc(NC(C)C(C)(C)C)c2[nH]1)C(Nc1nc(Cl)nc2nc[nH]c12)C(C)(C)C. The van der Waals surface area contributed by atoms with Crippen molar-refractivity contribution in [2.75, 3.05) is 10.6 Å². The average molecular weight is 534 g/mol. The molecule has 0 aliphatic heterocycles. The molecule has 0 aliphatic carbocycles. The summed E-state index contributed by atoms with van der Waals surface area (Å²) in [6.45, 7) is 17.4. The molecule has 0 amide bonds. The van der Waals surface area contributed by atoms with Gasteiger partial charge in [0.25, 0.3) is 0 Å². The van der Waals surface area contributed by atoms with Crippen molar-refractivity contribution in [1.82, 2.24) is 39.9 Å². The molecule has 4 heterocycles. The minimum absolute atomic E-state index is 0.0244. The Labute approximate surface area is 220 Å². The molecule has 4 aromatic heterocycles. The lowest BCUT2D eigenvalue weighted by Crippen LogP contribution is -2.41. The van der Waals surface area contributed by atoms with Gasteiger partial charge in [0.05, 0.1) is 6.33 Å². The Morgan fingerprint density at radius 1 is 0.806 bits per heavy atom. The number of fused-ring (bicyclic) bond motifs is 2. The molecular weight excluding hydrogens is 499 g/mol. The zero-order valence-corrected chi connectivity index (χ0v) is 23.5. The second kappa shape index (κ2) is 9.63. The maximum absolute atomic E-state index is 6.23. The number of halogens is 2. The number of rotatable bonds is 7. The van der Waals surface area contributed by atoms with Gasteiger partial charge < -0.3 is 20.6 Å². The van der Waals surface area contributed by atoms with E-state index < -0.39 is 0 Å². The first-order valence-corrected chi connectivity index (χ1v) is 12.8. The number of hydrogen-bond acceptors (Lipinski definition) is 8. The Bertz CT molecular complexity index is 1370. The predicted molar refractivity (Wildman–Crippen MR) is 146 cm³/mol. The van der Waals surface area contributed by atoms with E-state index in [-0.39, 0.29) is 39.4 Å². The Morgan fingerprint density at radius 3 is 2.03 bits per heavy atom. The molecule has 0 radical (unpaired) electrons. The number of aromatic amines is 2. The minimum Gasteiger partial charge on any atom is -0.365 e. The molecule has 4 aromatic rings. The van der Waals surface area contributed by atoms with E-state index in [0.29, 0.717) is 29.4 Å². The molecule has 0 bridgehead atoms. The van der Waals surface area contributed by atoms with E-state index in [9.17, 15) is 0 Å². The van der Waals surface area contributed by atoms with E-state index in [1.165, 1.54) is 0 Å². The van der Waals surface area contributed by atoms with Crippen LogP contribution >= 0.6 is 23.2 Å². The molecule has 0 saturated heterocycles. The lowest BCUT2D eigenvalue weighted by atomic mass is 9.78. The van der Waals surface area contributed by atoms with Crippen LogP contribution in [0.5, 0.6) is 0 Å². The molecule has 194 valence electrons. The van der Waals surface area contributed by atoms with Gasteiger partial charge in [-0.05, 0) is 46.9 Å². The summed E-state index contributed by atoms with van der Waals surface area (Å²) in [6, 6.07) is 0.183. The lowest BCUT2D eigenvalue weighted by molar-refractivity contribution is 0.265. The van der Waals surface area contributed by atoms with E-state index in [2.05, 4.69) is 101 Å². The van der Waals surface area contributed by atoms with Crippen LogP contribution in [0, 0.1) is 16.7 Å². The number of imidazole rings is 2. The highest BCUT2D eigenvalue weighted by atomic mass is 35.5. The summed E-state index contributed by atoms with van der Waals surface area (Å²) < 4.78 is 0. The van der Waals surface area contributed by atoms with Crippen LogP contribution in [-0.2, 0) is 6.42 Å². The lowest BCUT2D eigenvalue weighted by Gasteiger charge is -2.36. The summed E-state index contributed by atoms with van der Waals surface area (Å²) >= 11 is 12.4. The van der Waals surface area contributed by atoms with Crippen LogP contribution in [0.2, 0.25) is 10.6 Å². The van der Waals surface area contributed by atoms with E-state index in [4.69, 9.17) is 28.2 Å². The highest BCUT2D eigenvalue weighted by Crippen LogP contribution is 2.32. The minimum atomic E-state index is -0.104. The number of anilines is 2. The van der Waals surface area contributed by atoms with Crippen molar-refractivity contribution in [2.24, 2.45) is 16.7 Å². The molecule has 4 rings (SSSR count). The molecule has 12 heteroatoms. The highest BCUT2D eigenvalue weighted by Gasteiger charge is 2.32. The molecule has 36 heavy (non-hydrogen) atoms. The maximum atomic E-state index is 6.23. The fourth-order valence-electron chi connectivity index (χ4n) is 4.23. The van der Waals surface area contributed by atoms with E-state index in [1.807, 2.05) is 0 Å². The molecule has 0 aliphatic rings. The Morgan fingerprint density at radius 2 is 1.42 bits per heavy atom. The van der Waals surface area contributed by atoms with Crippen molar-refractivity contribution in [3.05, 3.63) is 22.7 Å². The van der Waals surface area contributed by atoms with Gasteiger partial charge >= 0.3 is 0 Å². The smallest absolute Gasteiger partial charge is 0.226 e. The van der Waals surface area contributed by atoms with Gasteiger partial charge in [0, 0.05) is 18.5 Å². The molecule has 4 N–H and O–H groups in total. The van der Waals surface area contributed by atoms with Crippen LogP contribution in [0.1, 0.15) is 61.2 Å². The molecule has 0 fully saturated rings. The summed E-state index contributed by atoms with van der Waals surface area (Å²) in [4.78, 5) is 32.9. The van der Waals surface area contributed by atoms with Gasteiger partial charge in [-0.1, -0.05) is 48.5 Å². The summed E-state index contributed by atoms with van der Waals surface area (Å²) in [5.41, 5.74) is 2.47. The van der Waals surface area contributed by atoms with E-state index in [1.54, 1.807) is 6.33 Å². The molecule has 0 saturated carbocycles. The maximum Gasteiger partial charge on any atom is 0.226 e. The van der Waals surface area contributed by atoms with Gasteiger partial charge in [0.15, 0.2) is 22.9 Å². The molecule has 10 nitrogen and oxygen atoms in total. The van der Waals surface area contributed by atoms with Gasteiger partial charge in [-0.2, -0.15) is 19.9 Å². The van der Waals surface area contributed by atoms with Crippen LogP contribution in [0.15, 0.2) is 6.33 Å². The summed E-state index contributed by atoms with van der Waals surface area (Å²) in [6.07, 6.45) is 2.26. The van der Waals surface area contributed by atoms with Crippen LogP contribution in [0.3, 0.4) is 0 Å². The Balaban J connectivity index is 1.62. The number of nitrogens with one attached hydrogen (secondary N) is 4. The third-order valence-corrected chi connectivity index (χ3v) is 6.93.